The highest BCUT2D eigenvalue weighted by atomic mass is 16.5. The molecule has 0 spiro atoms. The Morgan fingerprint density at radius 3 is 1.66 bits per heavy atom. The number of allylic oxidation sites excluding steroid dienone is 1. The first kappa shape index (κ1) is 27.7. The van der Waals surface area contributed by atoms with Gasteiger partial charge in [-0.3, -0.25) is 9.59 Å². The van der Waals surface area contributed by atoms with Crippen LogP contribution in [0, 0.1) is 0 Å². The van der Waals surface area contributed by atoms with Gasteiger partial charge in [-0.2, -0.15) is 0 Å². The van der Waals surface area contributed by atoms with E-state index >= 15 is 0 Å². The Morgan fingerprint density at radius 2 is 1.03 bits per heavy atom. The number of ether oxygens (including phenoxy) is 2. The number of unbranched alkanes of at least 4 members (excludes halogenated alkanes) is 11. The molecule has 0 N–H and O–H groups in total. The molecule has 0 aromatic carbocycles. The van der Waals surface area contributed by atoms with Crippen molar-refractivity contribution in [1.82, 2.24) is 0 Å². The van der Waals surface area contributed by atoms with E-state index in [1.165, 1.54) is 64.2 Å². The molecule has 170 valence electrons. The first-order chi connectivity index (χ1) is 14.2. The molecule has 0 amide bonds. The van der Waals surface area contributed by atoms with Gasteiger partial charge < -0.3 is 9.47 Å². The summed E-state index contributed by atoms with van der Waals surface area (Å²) in [6.07, 6.45) is 22.2. The molecule has 0 fully saturated rings. The fraction of sp³-hybridized carbons (Fsp3) is 0.840. The van der Waals surface area contributed by atoms with Crippen molar-refractivity contribution in [3.63, 3.8) is 0 Å². The van der Waals surface area contributed by atoms with Crippen molar-refractivity contribution < 1.29 is 19.1 Å². The SMILES string of the molecule is CCCCC/C=C\CCOC(=O)CCCC(=O)OCCCCCCCCCCC. The number of hydrogen-bond donors (Lipinski definition) is 0. The predicted octanol–water partition coefficient (Wildman–Crippen LogP) is 7.30. The average molecular weight is 411 g/mol. The molecule has 0 bridgehead atoms. The highest BCUT2D eigenvalue weighted by Crippen LogP contribution is 2.10. The molecule has 0 radical (unpaired) electrons. The summed E-state index contributed by atoms with van der Waals surface area (Å²) in [5.41, 5.74) is 0. The van der Waals surface area contributed by atoms with E-state index in [0.29, 0.717) is 26.1 Å². The highest BCUT2D eigenvalue weighted by Gasteiger charge is 2.07. The van der Waals surface area contributed by atoms with Crippen LogP contribution in [0.5, 0.6) is 0 Å². The van der Waals surface area contributed by atoms with Crippen molar-refractivity contribution in [1.29, 1.82) is 0 Å². The third-order valence-corrected chi connectivity index (χ3v) is 4.96. The van der Waals surface area contributed by atoms with Gasteiger partial charge in [-0.05, 0) is 32.1 Å². The molecule has 0 rings (SSSR count). The van der Waals surface area contributed by atoms with Crippen LogP contribution < -0.4 is 0 Å². The maximum atomic E-state index is 11.7. The van der Waals surface area contributed by atoms with Crippen LogP contribution in [0.4, 0.5) is 0 Å². The van der Waals surface area contributed by atoms with Gasteiger partial charge in [0, 0.05) is 12.8 Å². The van der Waals surface area contributed by atoms with Crippen LogP contribution in [0.25, 0.3) is 0 Å². The van der Waals surface area contributed by atoms with Gasteiger partial charge in [0.05, 0.1) is 13.2 Å². The minimum atomic E-state index is -0.226. The largest absolute Gasteiger partial charge is 0.466 e. The van der Waals surface area contributed by atoms with E-state index < -0.39 is 0 Å². The quantitative estimate of drug-likeness (QED) is 0.113. The summed E-state index contributed by atoms with van der Waals surface area (Å²) >= 11 is 0. The van der Waals surface area contributed by atoms with Crippen molar-refractivity contribution in [2.75, 3.05) is 13.2 Å². The number of carbonyl (C=O) groups excluding carboxylic acids is 2. The molecule has 0 atom stereocenters. The Labute approximate surface area is 179 Å². The van der Waals surface area contributed by atoms with E-state index in [2.05, 4.69) is 26.0 Å². The lowest BCUT2D eigenvalue weighted by atomic mass is 10.1. The van der Waals surface area contributed by atoms with Crippen molar-refractivity contribution in [2.45, 2.75) is 123 Å². The first-order valence-electron chi connectivity index (χ1n) is 12.2. The van der Waals surface area contributed by atoms with Crippen LogP contribution >= 0.6 is 0 Å². The number of rotatable bonds is 21. The summed E-state index contributed by atoms with van der Waals surface area (Å²) in [5.74, 6) is -0.427. The molecule has 0 aliphatic heterocycles. The normalized spacial score (nSPS) is 11.1. The summed E-state index contributed by atoms with van der Waals surface area (Å²) in [5, 5.41) is 0. The molecule has 0 unspecified atom stereocenters. The fourth-order valence-electron chi connectivity index (χ4n) is 3.11. The van der Waals surface area contributed by atoms with Crippen molar-refractivity contribution in [3.8, 4) is 0 Å². The van der Waals surface area contributed by atoms with Crippen LogP contribution in [0.2, 0.25) is 0 Å². The number of esters is 2. The van der Waals surface area contributed by atoms with Crippen molar-refractivity contribution in [3.05, 3.63) is 12.2 Å². The third-order valence-electron chi connectivity index (χ3n) is 4.96. The second-order valence-electron chi connectivity index (χ2n) is 7.88. The maximum Gasteiger partial charge on any atom is 0.305 e. The zero-order chi connectivity index (χ0) is 21.4. The van der Waals surface area contributed by atoms with Gasteiger partial charge in [-0.1, -0.05) is 90.2 Å². The fourth-order valence-corrected chi connectivity index (χ4v) is 3.11. The summed E-state index contributed by atoms with van der Waals surface area (Å²) in [6.45, 7) is 5.36. The molecule has 0 heterocycles. The molecule has 0 aliphatic carbocycles. The molecule has 4 heteroatoms. The Hall–Kier alpha value is -1.32. The predicted molar refractivity (Wildman–Crippen MR) is 121 cm³/mol. The lowest BCUT2D eigenvalue weighted by Crippen LogP contribution is -2.09. The van der Waals surface area contributed by atoms with E-state index in [4.69, 9.17) is 9.47 Å². The van der Waals surface area contributed by atoms with Crippen LogP contribution in [-0.4, -0.2) is 25.2 Å². The Bertz CT molecular complexity index is 404. The zero-order valence-electron chi connectivity index (χ0n) is 19.2. The molecule has 0 aliphatic rings. The lowest BCUT2D eigenvalue weighted by Gasteiger charge is -2.06. The highest BCUT2D eigenvalue weighted by molar-refractivity contribution is 5.72. The van der Waals surface area contributed by atoms with Crippen LogP contribution in [0.1, 0.15) is 123 Å². The zero-order valence-corrected chi connectivity index (χ0v) is 19.2. The summed E-state index contributed by atoms with van der Waals surface area (Å²) in [7, 11) is 0. The van der Waals surface area contributed by atoms with Gasteiger partial charge in [-0.15, -0.1) is 0 Å². The van der Waals surface area contributed by atoms with Gasteiger partial charge in [-0.25, -0.2) is 0 Å². The Kier molecular flexibility index (Phi) is 21.9. The maximum absolute atomic E-state index is 11.7. The van der Waals surface area contributed by atoms with Crippen LogP contribution in [-0.2, 0) is 19.1 Å². The second-order valence-corrected chi connectivity index (χ2v) is 7.88. The van der Waals surface area contributed by atoms with E-state index in [1.54, 1.807) is 0 Å². The van der Waals surface area contributed by atoms with Gasteiger partial charge >= 0.3 is 11.9 Å². The molecule has 0 saturated carbocycles. The third kappa shape index (κ3) is 22.8. The van der Waals surface area contributed by atoms with Crippen molar-refractivity contribution >= 4 is 11.9 Å². The summed E-state index contributed by atoms with van der Waals surface area (Å²) in [6, 6.07) is 0. The Morgan fingerprint density at radius 1 is 0.552 bits per heavy atom. The minimum Gasteiger partial charge on any atom is -0.466 e. The Balaban J connectivity index is 3.36. The summed E-state index contributed by atoms with van der Waals surface area (Å²) < 4.78 is 10.4. The molecule has 0 saturated heterocycles. The van der Waals surface area contributed by atoms with E-state index in [-0.39, 0.29) is 18.4 Å². The molecule has 0 aromatic heterocycles. The molecule has 29 heavy (non-hydrogen) atoms. The van der Waals surface area contributed by atoms with Gasteiger partial charge in [0.2, 0.25) is 0 Å². The lowest BCUT2D eigenvalue weighted by molar-refractivity contribution is -0.145. The molecular weight excluding hydrogens is 364 g/mol. The van der Waals surface area contributed by atoms with Crippen molar-refractivity contribution in [2.24, 2.45) is 0 Å². The molecule has 0 aromatic rings. The average Bonchev–Trinajstić information content (AvgIpc) is 2.71. The van der Waals surface area contributed by atoms with E-state index in [9.17, 15) is 9.59 Å². The number of carbonyl (C=O) groups is 2. The van der Waals surface area contributed by atoms with Gasteiger partial charge in [0.15, 0.2) is 0 Å². The van der Waals surface area contributed by atoms with E-state index in [0.717, 1.165) is 25.7 Å². The van der Waals surface area contributed by atoms with Gasteiger partial charge in [0.1, 0.15) is 0 Å². The van der Waals surface area contributed by atoms with Crippen LogP contribution in [0.3, 0.4) is 0 Å². The van der Waals surface area contributed by atoms with E-state index in [1.807, 2.05) is 0 Å². The number of hydrogen-bond acceptors (Lipinski definition) is 4. The smallest absolute Gasteiger partial charge is 0.305 e. The standard InChI is InChI=1S/C25H46O4/c1-3-5-7-9-11-12-14-16-18-23-29-25(27)21-19-20-24(26)28-22-17-15-13-10-8-6-4-2/h13,15H,3-12,14,16-23H2,1-2H3/b15-13-. The molecule has 4 nitrogen and oxygen atoms in total. The topological polar surface area (TPSA) is 52.6 Å². The second kappa shape index (κ2) is 23.0. The monoisotopic (exact) mass is 410 g/mol. The van der Waals surface area contributed by atoms with Gasteiger partial charge in [0.25, 0.3) is 0 Å². The molecular formula is C25H46O4. The summed E-state index contributed by atoms with van der Waals surface area (Å²) in [4.78, 5) is 23.3. The van der Waals surface area contributed by atoms with Crippen LogP contribution in [0.15, 0.2) is 12.2 Å². The minimum absolute atomic E-state index is 0.202. The first-order valence-corrected chi connectivity index (χ1v) is 12.2.